The fourth-order valence-electron chi connectivity index (χ4n) is 1.71. The topological polar surface area (TPSA) is 84.5 Å². The standard InChI is InChI=1S/C15H15ClN2O4S/c1-11-5-2-3-8-14(11)22-10-15(19)17-18-23(20,21)13-7-4-6-12(16)9-13/h2-9,18H,10H2,1H3,(H,17,19). The molecule has 0 saturated carbocycles. The van der Waals surface area contributed by atoms with Crippen LogP contribution in [0.5, 0.6) is 5.75 Å². The van der Waals surface area contributed by atoms with Gasteiger partial charge in [-0.05, 0) is 36.8 Å². The van der Waals surface area contributed by atoms with Crippen LogP contribution in [-0.4, -0.2) is 20.9 Å². The summed E-state index contributed by atoms with van der Waals surface area (Å²) in [6.45, 7) is 1.53. The first kappa shape index (κ1) is 17.3. The van der Waals surface area contributed by atoms with Gasteiger partial charge in [-0.15, -0.1) is 4.83 Å². The van der Waals surface area contributed by atoms with Gasteiger partial charge in [-0.3, -0.25) is 10.2 Å². The molecule has 2 aromatic rings. The summed E-state index contributed by atoms with van der Waals surface area (Å²) in [5.74, 6) is -0.0702. The van der Waals surface area contributed by atoms with E-state index in [1.807, 2.05) is 23.9 Å². The van der Waals surface area contributed by atoms with E-state index in [-0.39, 0.29) is 16.5 Å². The molecule has 0 aromatic heterocycles. The molecule has 23 heavy (non-hydrogen) atoms. The number of para-hydroxylation sites is 1. The van der Waals surface area contributed by atoms with Crippen molar-refractivity contribution in [3.63, 3.8) is 0 Å². The highest BCUT2D eigenvalue weighted by Gasteiger charge is 2.15. The number of carbonyl (C=O) groups is 1. The molecule has 2 N–H and O–H groups in total. The predicted molar refractivity (Wildman–Crippen MR) is 86.6 cm³/mol. The van der Waals surface area contributed by atoms with Crippen molar-refractivity contribution in [2.24, 2.45) is 0 Å². The summed E-state index contributed by atoms with van der Waals surface area (Å²) in [4.78, 5) is 13.6. The van der Waals surface area contributed by atoms with Gasteiger partial charge in [0.2, 0.25) is 0 Å². The monoisotopic (exact) mass is 354 g/mol. The second-order valence-corrected chi connectivity index (χ2v) is 6.78. The lowest BCUT2D eigenvalue weighted by molar-refractivity contribution is -0.123. The summed E-state index contributed by atoms with van der Waals surface area (Å²) in [6.07, 6.45) is 0. The number of halogens is 1. The van der Waals surface area contributed by atoms with Crippen molar-refractivity contribution >= 4 is 27.5 Å². The van der Waals surface area contributed by atoms with E-state index in [9.17, 15) is 13.2 Å². The SMILES string of the molecule is Cc1ccccc1OCC(=O)NNS(=O)(=O)c1cccc(Cl)c1. The maximum absolute atomic E-state index is 12.0. The van der Waals surface area contributed by atoms with E-state index in [0.717, 1.165) is 5.56 Å². The number of amides is 1. The molecule has 0 fully saturated rings. The summed E-state index contributed by atoms with van der Waals surface area (Å²) in [5, 5.41) is 0.280. The zero-order valence-electron chi connectivity index (χ0n) is 12.2. The van der Waals surface area contributed by atoms with Crippen LogP contribution >= 0.6 is 11.6 Å². The number of sulfonamides is 1. The largest absolute Gasteiger partial charge is 0.483 e. The van der Waals surface area contributed by atoms with Gasteiger partial charge in [0, 0.05) is 5.02 Å². The molecule has 0 saturated heterocycles. The van der Waals surface area contributed by atoms with E-state index in [0.29, 0.717) is 5.75 Å². The maximum atomic E-state index is 12.0. The lowest BCUT2D eigenvalue weighted by Gasteiger charge is -2.10. The summed E-state index contributed by atoms with van der Waals surface area (Å²) in [6, 6.07) is 12.9. The molecule has 0 aliphatic heterocycles. The van der Waals surface area contributed by atoms with Gasteiger partial charge in [0.05, 0.1) is 4.90 Å². The third kappa shape index (κ3) is 4.95. The molecule has 0 spiro atoms. The number of ether oxygens (including phenoxy) is 1. The van der Waals surface area contributed by atoms with E-state index < -0.39 is 15.9 Å². The van der Waals surface area contributed by atoms with Crippen molar-refractivity contribution in [1.29, 1.82) is 0 Å². The molecule has 8 heteroatoms. The molecule has 0 radical (unpaired) electrons. The van der Waals surface area contributed by atoms with Crippen LogP contribution in [-0.2, 0) is 14.8 Å². The first-order valence-electron chi connectivity index (χ1n) is 6.63. The lowest BCUT2D eigenvalue weighted by atomic mass is 10.2. The zero-order valence-corrected chi connectivity index (χ0v) is 13.8. The highest BCUT2D eigenvalue weighted by molar-refractivity contribution is 7.89. The van der Waals surface area contributed by atoms with Crippen LogP contribution in [0.4, 0.5) is 0 Å². The Morgan fingerprint density at radius 3 is 2.61 bits per heavy atom. The fraction of sp³-hybridized carbons (Fsp3) is 0.133. The number of benzene rings is 2. The average Bonchev–Trinajstić information content (AvgIpc) is 2.52. The second kappa shape index (κ2) is 7.45. The number of nitrogens with one attached hydrogen (secondary N) is 2. The Morgan fingerprint density at radius 2 is 1.91 bits per heavy atom. The van der Waals surface area contributed by atoms with Gasteiger partial charge in [-0.2, -0.15) is 0 Å². The normalized spacial score (nSPS) is 11.0. The zero-order chi connectivity index (χ0) is 16.9. The van der Waals surface area contributed by atoms with Gasteiger partial charge < -0.3 is 4.74 Å². The van der Waals surface area contributed by atoms with Crippen LogP contribution < -0.4 is 15.0 Å². The Balaban J connectivity index is 1.90. The van der Waals surface area contributed by atoms with Gasteiger partial charge in [-0.1, -0.05) is 35.9 Å². The predicted octanol–water partition coefficient (Wildman–Crippen LogP) is 2.04. The molecule has 0 bridgehead atoms. The molecular formula is C15H15ClN2O4S. The van der Waals surface area contributed by atoms with Crippen molar-refractivity contribution in [2.75, 3.05) is 6.61 Å². The second-order valence-electron chi connectivity index (χ2n) is 4.67. The minimum Gasteiger partial charge on any atom is -0.483 e. The first-order valence-corrected chi connectivity index (χ1v) is 8.49. The average molecular weight is 355 g/mol. The van der Waals surface area contributed by atoms with E-state index in [1.54, 1.807) is 18.2 Å². The van der Waals surface area contributed by atoms with Crippen molar-refractivity contribution in [2.45, 2.75) is 11.8 Å². The molecule has 0 heterocycles. The summed E-state index contributed by atoms with van der Waals surface area (Å²) < 4.78 is 29.3. The Kier molecular flexibility index (Phi) is 5.59. The van der Waals surface area contributed by atoms with Crippen LogP contribution in [0.15, 0.2) is 53.4 Å². The Hall–Kier alpha value is -2.09. The maximum Gasteiger partial charge on any atom is 0.272 e. The number of rotatable bonds is 6. The number of hydrazine groups is 1. The van der Waals surface area contributed by atoms with Gasteiger partial charge in [-0.25, -0.2) is 8.42 Å². The minimum absolute atomic E-state index is 0.0508. The third-order valence-electron chi connectivity index (χ3n) is 2.88. The highest BCUT2D eigenvalue weighted by atomic mass is 35.5. The smallest absolute Gasteiger partial charge is 0.272 e. The van der Waals surface area contributed by atoms with Gasteiger partial charge in [0.15, 0.2) is 6.61 Å². The van der Waals surface area contributed by atoms with Gasteiger partial charge in [0.1, 0.15) is 5.75 Å². The van der Waals surface area contributed by atoms with E-state index in [2.05, 4.69) is 5.43 Å². The number of aryl methyl sites for hydroxylation is 1. The fourth-order valence-corrected chi connectivity index (χ4v) is 2.88. The van der Waals surface area contributed by atoms with Crippen molar-refractivity contribution in [1.82, 2.24) is 10.3 Å². The molecular weight excluding hydrogens is 340 g/mol. The van der Waals surface area contributed by atoms with Crippen molar-refractivity contribution in [3.05, 3.63) is 59.1 Å². The van der Waals surface area contributed by atoms with Gasteiger partial charge in [0.25, 0.3) is 15.9 Å². The van der Waals surface area contributed by atoms with Gasteiger partial charge >= 0.3 is 0 Å². The molecule has 0 atom stereocenters. The quantitative estimate of drug-likeness (QED) is 0.777. The molecule has 0 unspecified atom stereocenters. The molecule has 6 nitrogen and oxygen atoms in total. The lowest BCUT2D eigenvalue weighted by Crippen LogP contribution is -2.43. The summed E-state index contributed by atoms with van der Waals surface area (Å²) >= 11 is 5.75. The van der Waals surface area contributed by atoms with E-state index >= 15 is 0 Å². The Labute approximate surface area is 139 Å². The molecule has 0 aliphatic rings. The molecule has 0 aliphatic carbocycles. The summed E-state index contributed by atoms with van der Waals surface area (Å²) in [5.41, 5.74) is 2.96. The molecule has 1 amide bonds. The number of hydrogen-bond acceptors (Lipinski definition) is 4. The van der Waals surface area contributed by atoms with E-state index in [1.165, 1.54) is 18.2 Å². The van der Waals surface area contributed by atoms with Crippen LogP contribution in [0.1, 0.15) is 5.56 Å². The van der Waals surface area contributed by atoms with Crippen molar-refractivity contribution in [3.8, 4) is 5.75 Å². The van der Waals surface area contributed by atoms with Crippen LogP contribution in [0.25, 0.3) is 0 Å². The van der Waals surface area contributed by atoms with Crippen molar-refractivity contribution < 1.29 is 17.9 Å². The highest BCUT2D eigenvalue weighted by Crippen LogP contribution is 2.16. The first-order chi connectivity index (χ1) is 10.9. The van der Waals surface area contributed by atoms with Crippen LogP contribution in [0.3, 0.4) is 0 Å². The number of carbonyl (C=O) groups excluding carboxylic acids is 1. The number of hydrogen-bond donors (Lipinski definition) is 2. The van der Waals surface area contributed by atoms with E-state index in [4.69, 9.17) is 16.3 Å². The minimum atomic E-state index is -3.89. The van der Waals surface area contributed by atoms with Crippen LogP contribution in [0, 0.1) is 6.92 Å². The third-order valence-corrected chi connectivity index (χ3v) is 4.36. The molecule has 122 valence electrons. The molecule has 2 aromatic carbocycles. The Morgan fingerprint density at radius 1 is 1.17 bits per heavy atom. The summed E-state index contributed by atoms with van der Waals surface area (Å²) in [7, 11) is -3.89. The van der Waals surface area contributed by atoms with Crippen LogP contribution in [0.2, 0.25) is 5.02 Å². The Bertz CT molecular complexity index is 809. The molecule has 2 rings (SSSR count).